The lowest BCUT2D eigenvalue weighted by atomic mass is 10.1. The molecule has 0 aromatic carbocycles. The summed E-state index contributed by atoms with van der Waals surface area (Å²) in [6.45, 7) is 3.10. The molecule has 0 aromatic rings. The van der Waals surface area contributed by atoms with E-state index in [1.807, 2.05) is 0 Å². The van der Waals surface area contributed by atoms with Crippen molar-refractivity contribution < 1.29 is 17.9 Å². The van der Waals surface area contributed by atoms with E-state index in [9.17, 15) is 13.2 Å². The van der Waals surface area contributed by atoms with Crippen LogP contribution in [0.15, 0.2) is 0 Å². The molecule has 1 aliphatic heterocycles. The molecule has 76 valence electrons. The molecule has 4 nitrogen and oxygen atoms in total. The van der Waals surface area contributed by atoms with Gasteiger partial charge in [0, 0.05) is 6.92 Å². The first kappa shape index (κ1) is 10.5. The van der Waals surface area contributed by atoms with Crippen LogP contribution in [0.2, 0.25) is 0 Å². The van der Waals surface area contributed by atoms with Gasteiger partial charge in [0.25, 0.3) is 0 Å². The summed E-state index contributed by atoms with van der Waals surface area (Å²) in [5, 5.41) is -0.489. The van der Waals surface area contributed by atoms with E-state index in [1.54, 1.807) is 6.92 Å². The summed E-state index contributed by atoms with van der Waals surface area (Å²) in [6, 6.07) is 0. The summed E-state index contributed by atoms with van der Waals surface area (Å²) < 4.78 is 27.7. The van der Waals surface area contributed by atoms with Crippen LogP contribution in [0.4, 0.5) is 0 Å². The molecule has 0 spiro atoms. The first-order valence-corrected chi connectivity index (χ1v) is 6.07. The molecule has 1 heterocycles. The van der Waals surface area contributed by atoms with Crippen LogP contribution in [0.1, 0.15) is 26.7 Å². The Labute approximate surface area is 78.2 Å². The van der Waals surface area contributed by atoms with Gasteiger partial charge in [0.15, 0.2) is 9.84 Å². The number of sulfone groups is 1. The standard InChI is InChI=1S/C8H14O4S/c1-3-8-7(12-6(2)9)4-5-13(8,10)11/h7-8H,3-5H2,1-2H3/t7-,8-/m0/s1. The van der Waals surface area contributed by atoms with Crippen LogP contribution in [0.25, 0.3) is 0 Å². The number of ether oxygens (including phenoxy) is 1. The van der Waals surface area contributed by atoms with Gasteiger partial charge in [-0.25, -0.2) is 8.42 Å². The second kappa shape index (κ2) is 3.65. The Kier molecular flexibility index (Phi) is 2.95. The monoisotopic (exact) mass is 206 g/mol. The van der Waals surface area contributed by atoms with Crippen LogP contribution in [-0.4, -0.2) is 31.5 Å². The van der Waals surface area contributed by atoms with E-state index < -0.39 is 27.2 Å². The molecule has 2 atom stereocenters. The predicted molar refractivity (Wildman–Crippen MR) is 48.0 cm³/mol. The zero-order chi connectivity index (χ0) is 10.1. The maximum absolute atomic E-state index is 11.4. The van der Waals surface area contributed by atoms with Gasteiger partial charge in [-0.05, 0) is 12.8 Å². The van der Waals surface area contributed by atoms with Crippen molar-refractivity contribution in [1.29, 1.82) is 0 Å². The number of hydrogen-bond donors (Lipinski definition) is 0. The molecule has 0 aromatic heterocycles. The molecule has 0 saturated carbocycles. The third kappa shape index (κ3) is 2.21. The lowest BCUT2D eigenvalue weighted by molar-refractivity contribution is -0.146. The van der Waals surface area contributed by atoms with Gasteiger partial charge in [0.1, 0.15) is 6.10 Å². The average Bonchev–Trinajstić information content (AvgIpc) is 2.25. The summed E-state index contributed by atoms with van der Waals surface area (Å²) in [5.41, 5.74) is 0. The molecule has 0 aliphatic carbocycles. The quantitative estimate of drug-likeness (QED) is 0.618. The number of carbonyl (C=O) groups excluding carboxylic acids is 1. The van der Waals surface area contributed by atoms with Crippen molar-refractivity contribution in [3.05, 3.63) is 0 Å². The van der Waals surface area contributed by atoms with Gasteiger partial charge in [-0.2, -0.15) is 0 Å². The number of carbonyl (C=O) groups is 1. The Morgan fingerprint density at radius 3 is 2.62 bits per heavy atom. The van der Waals surface area contributed by atoms with Crippen molar-refractivity contribution in [2.45, 2.75) is 38.0 Å². The molecule has 1 aliphatic rings. The van der Waals surface area contributed by atoms with Crippen molar-refractivity contribution in [2.75, 3.05) is 5.75 Å². The maximum atomic E-state index is 11.4. The molecule has 0 N–H and O–H groups in total. The second-order valence-corrected chi connectivity index (χ2v) is 5.59. The summed E-state index contributed by atoms with van der Waals surface area (Å²) >= 11 is 0. The topological polar surface area (TPSA) is 60.4 Å². The van der Waals surface area contributed by atoms with E-state index in [1.165, 1.54) is 6.92 Å². The van der Waals surface area contributed by atoms with E-state index >= 15 is 0 Å². The molecule has 5 heteroatoms. The van der Waals surface area contributed by atoms with Crippen LogP contribution >= 0.6 is 0 Å². The Morgan fingerprint density at radius 1 is 1.54 bits per heavy atom. The third-order valence-corrected chi connectivity index (χ3v) is 4.65. The highest BCUT2D eigenvalue weighted by Gasteiger charge is 2.40. The smallest absolute Gasteiger partial charge is 0.302 e. The molecule has 1 fully saturated rings. The molecule has 1 rings (SSSR count). The van der Waals surface area contributed by atoms with Gasteiger partial charge < -0.3 is 4.74 Å². The molecule has 0 radical (unpaired) electrons. The fraction of sp³-hybridized carbons (Fsp3) is 0.875. The highest BCUT2D eigenvalue weighted by molar-refractivity contribution is 7.92. The van der Waals surface area contributed by atoms with Gasteiger partial charge in [0.05, 0.1) is 11.0 Å². The SMILES string of the molecule is CC[C@H]1[C@@H](OC(C)=O)CCS1(=O)=O. The Balaban J connectivity index is 2.74. The van der Waals surface area contributed by atoms with Crippen LogP contribution in [0, 0.1) is 0 Å². The largest absolute Gasteiger partial charge is 0.461 e. The summed E-state index contributed by atoms with van der Waals surface area (Å²) in [6.07, 6.45) is 0.535. The van der Waals surface area contributed by atoms with Crippen LogP contribution in [-0.2, 0) is 19.4 Å². The summed E-state index contributed by atoms with van der Waals surface area (Å²) in [5.74, 6) is -0.260. The normalized spacial score (nSPS) is 31.5. The van der Waals surface area contributed by atoms with E-state index in [0.717, 1.165) is 0 Å². The summed E-state index contributed by atoms with van der Waals surface area (Å²) in [4.78, 5) is 10.7. The minimum atomic E-state index is -3.01. The number of esters is 1. The highest BCUT2D eigenvalue weighted by atomic mass is 32.2. The van der Waals surface area contributed by atoms with E-state index in [-0.39, 0.29) is 5.75 Å². The molecular weight excluding hydrogens is 192 g/mol. The highest BCUT2D eigenvalue weighted by Crippen LogP contribution is 2.25. The Bertz CT molecular complexity index is 293. The Hall–Kier alpha value is -0.580. The van der Waals surface area contributed by atoms with Gasteiger partial charge >= 0.3 is 5.97 Å². The number of rotatable bonds is 2. The van der Waals surface area contributed by atoms with Gasteiger partial charge in [0.2, 0.25) is 0 Å². The van der Waals surface area contributed by atoms with Crippen molar-refractivity contribution in [1.82, 2.24) is 0 Å². The lowest BCUT2D eigenvalue weighted by Gasteiger charge is -2.16. The first-order valence-electron chi connectivity index (χ1n) is 4.36. The first-order chi connectivity index (χ1) is 5.97. The second-order valence-electron chi connectivity index (χ2n) is 3.25. The fourth-order valence-corrected chi connectivity index (χ4v) is 3.74. The number of hydrogen-bond acceptors (Lipinski definition) is 4. The fourth-order valence-electron chi connectivity index (χ4n) is 1.71. The van der Waals surface area contributed by atoms with Crippen molar-refractivity contribution in [3.8, 4) is 0 Å². The molecular formula is C8H14O4S. The predicted octanol–water partition coefficient (Wildman–Crippen LogP) is 0.515. The van der Waals surface area contributed by atoms with Crippen molar-refractivity contribution in [2.24, 2.45) is 0 Å². The minimum Gasteiger partial charge on any atom is -0.461 e. The molecule has 0 unspecified atom stereocenters. The molecule has 13 heavy (non-hydrogen) atoms. The average molecular weight is 206 g/mol. The minimum absolute atomic E-state index is 0.142. The van der Waals surface area contributed by atoms with Gasteiger partial charge in [-0.3, -0.25) is 4.79 Å². The molecule has 1 saturated heterocycles. The van der Waals surface area contributed by atoms with Crippen molar-refractivity contribution in [3.63, 3.8) is 0 Å². The molecule has 0 bridgehead atoms. The third-order valence-electron chi connectivity index (χ3n) is 2.28. The molecule has 0 amide bonds. The van der Waals surface area contributed by atoms with Crippen LogP contribution in [0.3, 0.4) is 0 Å². The summed E-state index contributed by atoms with van der Waals surface area (Å²) in [7, 11) is -3.01. The maximum Gasteiger partial charge on any atom is 0.302 e. The van der Waals surface area contributed by atoms with Crippen LogP contribution < -0.4 is 0 Å². The van der Waals surface area contributed by atoms with E-state index in [4.69, 9.17) is 4.74 Å². The van der Waals surface area contributed by atoms with Gasteiger partial charge in [-0.1, -0.05) is 6.92 Å². The van der Waals surface area contributed by atoms with E-state index in [0.29, 0.717) is 12.8 Å². The van der Waals surface area contributed by atoms with Crippen LogP contribution in [0.5, 0.6) is 0 Å². The zero-order valence-corrected chi connectivity index (χ0v) is 8.63. The zero-order valence-electron chi connectivity index (χ0n) is 7.82. The Morgan fingerprint density at radius 2 is 2.15 bits per heavy atom. The van der Waals surface area contributed by atoms with Gasteiger partial charge in [-0.15, -0.1) is 0 Å². The van der Waals surface area contributed by atoms with Crippen molar-refractivity contribution >= 4 is 15.8 Å². The lowest BCUT2D eigenvalue weighted by Crippen LogP contribution is -2.29. The van der Waals surface area contributed by atoms with E-state index in [2.05, 4.69) is 0 Å².